The first-order chi connectivity index (χ1) is 9.55. The second-order valence-corrected chi connectivity index (χ2v) is 6.66. The summed E-state index contributed by atoms with van der Waals surface area (Å²) in [5.74, 6) is 0. The van der Waals surface area contributed by atoms with Gasteiger partial charge >= 0.3 is 0 Å². The highest BCUT2D eigenvalue weighted by molar-refractivity contribution is 9.10. The third kappa shape index (κ3) is 2.98. The molecule has 0 bridgehead atoms. The molecule has 0 fully saturated rings. The van der Waals surface area contributed by atoms with Gasteiger partial charge < -0.3 is 0 Å². The van der Waals surface area contributed by atoms with E-state index < -0.39 is 0 Å². The number of nitrogens with zero attached hydrogens (tertiary/aromatic N) is 2. The van der Waals surface area contributed by atoms with Gasteiger partial charge in [0.15, 0.2) is 0 Å². The zero-order chi connectivity index (χ0) is 14.8. The quantitative estimate of drug-likeness (QED) is 0.697. The maximum absolute atomic E-state index is 12.6. The average molecular weight is 402 g/mol. The molecule has 0 aliphatic heterocycles. The van der Waals surface area contributed by atoms with E-state index in [9.17, 15) is 4.79 Å². The molecule has 0 N–H and O–H groups in total. The number of benzene rings is 1. The molecule has 2 rings (SSSR count). The third-order valence-corrected chi connectivity index (χ3v) is 5.76. The van der Waals surface area contributed by atoms with Gasteiger partial charge in [-0.1, -0.05) is 45.7 Å². The van der Waals surface area contributed by atoms with Gasteiger partial charge in [0.2, 0.25) is 0 Å². The molecule has 20 heavy (non-hydrogen) atoms. The monoisotopic (exact) mass is 400 g/mol. The third-order valence-electron chi connectivity index (χ3n) is 4.08. The fourth-order valence-electron chi connectivity index (χ4n) is 2.31. The predicted octanol–water partition coefficient (Wildman–Crippen LogP) is 4.36. The lowest BCUT2D eigenvalue weighted by Crippen LogP contribution is -2.33. The van der Waals surface area contributed by atoms with Crippen LogP contribution >= 0.6 is 31.9 Å². The fourth-order valence-corrected chi connectivity index (χ4v) is 3.64. The van der Waals surface area contributed by atoms with Crippen molar-refractivity contribution in [1.82, 2.24) is 9.55 Å². The molecule has 2 aromatic rings. The van der Waals surface area contributed by atoms with Crippen molar-refractivity contribution < 1.29 is 0 Å². The Morgan fingerprint density at radius 3 is 2.60 bits per heavy atom. The maximum Gasteiger partial charge on any atom is 0.261 e. The molecule has 1 aromatic heterocycles. The van der Waals surface area contributed by atoms with Crippen LogP contribution in [0, 0.1) is 5.41 Å². The summed E-state index contributed by atoms with van der Waals surface area (Å²) in [6.45, 7) is 5.03. The SMILES string of the molecule is CCC(CC)(CBr)Cn1cnc2ccc(Br)cc2c1=O. The highest BCUT2D eigenvalue weighted by Gasteiger charge is 2.26. The Morgan fingerprint density at radius 1 is 1.30 bits per heavy atom. The summed E-state index contributed by atoms with van der Waals surface area (Å²) in [6.07, 6.45) is 3.72. The predicted molar refractivity (Wildman–Crippen MR) is 90.5 cm³/mol. The number of alkyl halides is 1. The first kappa shape index (κ1) is 15.7. The largest absolute Gasteiger partial charge is 0.298 e. The van der Waals surface area contributed by atoms with Crippen LogP contribution in [0.1, 0.15) is 26.7 Å². The van der Waals surface area contributed by atoms with Crippen LogP contribution in [0.25, 0.3) is 10.9 Å². The van der Waals surface area contributed by atoms with Crippen molar-refractivity contribution in [2.24, 2.45) is 5.41 Å². The molecule has 0 saturated heterocycles. The van der Waals surface area contributed by atoms with E-state index in [0.717, 1.165) is 28.2 Å². The van der Waals surface area contributed by atoms with E-state index in [1.165, 1.54) is 0 Å². The molecular weight excluding hydrogens is 384 g/mol. The van der Waals surface area contributed by atoms with E-state index in [1.54, 1.807) is 10.9 Å². The standard InChI is InChI=1S/C15H18Br2N2O/c1-3-15(4-2,8-16)9-19-10-18-13-6-5-11(17)7-12(13)14(19)20/h5-7,10H,3-4,8-9H2,1-2H3. The number of halogens is 2. The molecule has 0 aliphatic rings. The van der Waals surface area contributed by atoms with Crippen molar-refractivity contribution in [2.45, 2.75) is 33.2 Å². The van der Waals surface area contributed by atoms with Gasteiger partial charge in [0.05, 0.1) is 17.2 Å². The number of fused-ring (bicyclic) bond motifs is 1. The Labute approximate surface area is 135 Å². The van der Waals surface area contributed by atoms with Crippen molar-refractivity contribution >= 4 is 42.8 Å². The highest BCUT2D eigenvalue weighted by atomic mass is 79.9. The van der Waals surface area contributed by atoms with Crippen LogP contribution < -0.4 is 5.56 Å². The summed E-state index contributed by atoms with van der Waals surface area (Å²) < 4.78 is 2.64. The van der Waals surface area contributed by atoms with Gasteiger partial charge in [-0.3, -0.25) is 9.36 Å². The molecule has 5 heteroatoms. The first-order valence-electron chi connectivity index (χ1n) is 6.76. The van der Waals surface area contributed by atoms with Crippen LogP contribution in [0.15, 0.2) is 33.8 Å². The molecule has 1 heterocycles. The van der Waals surface area contributed by atoms with Crippen molar-refractivity contribution in [3.8, 4) is 0 Å². The van der Waals surface area contributed by atoms with Gasteiger partial charge in [0.1, 0.15) is 0 Å². The van der Waals surface area contributed by atoms with Crippen LogP contribution in [0.2, 0.25) is 0 Å². The van der Waals surface area contributed by atoms with Crippen LogP contribution in [0.4, 0.5) is 0 Å². The second-order valence-electron chi connectivity index (χ2n) is 5.18. The second kappa shape index (κ2) is 6.39. The van der Waals surface area contributed by atoms with Crippen molar-refractivity contribution in [1.29, 1.82) is 0 Å². The van der Waals surface area contributed by atoms with Gasteiger partial charge in [0, 0.05) is 16.3 Å². The summed E-state index contributed by atoms with van der Waals surface area (Å²) in [6, 6.07) is 5.61. The van der Waals surface area contributed by atoms with Crippen LogP contribution in [0.5, 0.6) is 0 Å². The Balaban J connectivity index is 2.51. The van der Waals surface area contributed by atoms with Crippen LogP contribution in [0.3, 0.4) is 0 Å². The Hall–Kier alpha value is -0.680. The minimum absolute atomic E-state index is 0.0310. The minimum Gasteiger partial charge on any atom is -0.298 e. The van der Waals surface area contributed by atoms with Gasteiger partial charge in [-0.25, -0.2) is 4.98 Å². The summed E-state index contributed by atoms with van der Waals surface area (Å²) in [5, 5.41) is 1.55. The molecule has 108 valence electrons. The average Bonchev–Trinajstić information content (AvgIpc) is 2.48. The van der Waals surface area contributed by atoms with Gasteiger partial charge in [0.25, 0.3) is 5.56 Å². The topological polar surface area (TPSA) is 34.9 Å². The van der Waals surface area contributed by atoms with E-state index in [-0.39, 0.29) is 11.0 Å². The summed E-state index contributed by atoms with van der Waals surface area (Å²) >= 11 is 7.00. The van der Waals surface area contributed by atoms with E-state index >= 15 is 0 Å². The molecule has 0 amide bonds. The van der Waals surface area contributed by atoms with E-state index in [2.05, 4.69) is 50.7 Å². The van der Waals surface area contributed by atoms with Crippen molar-refractivity contribution in [2.75, 3.05) is 5.33 Å². The van der Waals surface area contributed by atoms with Gasteiger partial charge in [-0.15, -0.1) is 0 Å². The van der Waals surface area contributed by atoms with E-state index in [1.807, 2.05) is 18.2 Å². The summed E-state index contributed by atoms with van der Waals surface area (Å²) in [5.41, 5.74) is 0.876. The normalized spacial score (nSPS) is 12.0. The molecule has 0 aliphatic carbocycles. The van der Waals surface area contributed by atoms with Crippen molar-refractivity contribution in [3.05, 3.63) is 39.4 Å². The van der Waals surface area contributed by atoms with Crippen molar-refractivity contribution in [3.63, 3.8) is 0 Å². The molecule has 0 unspecified atom stereocenters. The zero-order valence-electron chi connectivity index (χ0n) is 11.7. The Bertz CT molecular complexity index is 654. The molecule has 3 nitrogen and oxygen atoms in total. The van der Waals surface area contributed by atoms with Gasteiger partial charge in [-0.05, 0) is 36.5 Å². The maximum atomic E-state index is 12.6. The summed E-state index contributed by atoms with van der Waals surface area (Å²) in [7, 11) is 0. The Morgan fingerprint density at radius 2 is 2.00 bits per heavy atom. The van der Waals surface area contributed by atoms with E-state index in [4.69, 9.17) is 0 Å². The number of rotatable bonds is 5. The minimum atomic E-state index is 0.0310. The molecule has 0 spiro atoms. The highest BCUT2D eigenvalue weighted by Crippen LogP contribution is 2.30. The zero-order valence-corrected chi connectivity index (χ0v) is 14.9. The lowest BCUT2D eigenvalue weighted by molar-refractivity contribution is 0.256. The van der Waals surface area contributed by atoms with Gasteiger partial charge in [-0.2, -0.15) is 0 Å². The Kier molecular flexibility index (Phi) is 5.02. The number of aromatic nitrogens is 2. The molecule has 1 aromatic carbocycles. The first-order valence-corrected chi connectivity index (χ1v) is 8.67. The summed E-state index contributed by atoms with van der Waals surface area (Å²) in [4.78, 5) is 17.0. The molecule has 0 atom stereocenters. The lowest BCUT2D eigenvalue weighted by atomic mass is 9.84. The number of hydrogen-bond acceptors (Lipinski definition) is 2. The van der Waals surface area contributed by atoms with Crippen LogP contribution in [-0.4, -0.2) is 14.9 Å². The fraction of sp³-hybridized carbons (Fsp3) is 0.467. The van der Waals surface area contributed by atoms with Crippen LogP contribution in [-0.2, 0) is 6.54 Å². The number of hydrogen-bond donors (Lipinski definition) is 0. The molecule has 0 saturated carbocycles. The van der Waals surface area contributed by atoms with E-state index in [0.29, 0.717) is 11.9 Å². The lowest BCUT2D eigenvalue weighted by Gasteiger charge is -2.30. The smallest absolute Gasteiger partial charge is 0.261 e. The molecule has 0 radical (unpaired) electrons. The molecular formula is C15H18Br2N2O.